The van der Waals surface area contributed by atoms with E-state index in [0.717, 1.165) is 14.8 Å². The molecule has 0 aromatic heterocycles. The van der Waals surface area contributed by atoms with E-state index in [-0.39, 0.29) is 11.9 Å². The summed E-state index contributed by atoms with van der Waals surface area (Å²) >= 11 is 14.4. The summed E-state index contributed by atoms with van der Waals surface area (Å²) in [6.07, 6.45) is 0. The molecular weight excluding hydrogens is 399 g/mol. The molecule has 0 aliphatic heterocycles. The van der Waals surface area contributed by atoms with Gasteiger partial charge in [0.05, 0.1) is 16.8 Å². The summed E-state index contributed by atoms with van der Waals surface area (Å²) in [5.74, 6) is -0.340. The smallest absolute Gasteiger partial charge is 0.124 e. The third kappa shape index (κ3) is 3.74. The first-order valence-corrected chi connectivity index (χ1v) is 7.47. The summed E-state index contributed by atoms with van der Waals surface area (Å²) in [5, 5.41) is 4.33. The number of hydrogen-bond donors (Lipinski definition) is 1. The van der Waals surface area contributed by atoms with Crippen molar-refractivity contribution in [3.63, 3.8) is 0 Å². The van der Waals surface area contributed by atoms with Gasteiger partial charge in [0.2, 0.25) is 0 Å². The molecule has 0 radical (unpaired) electrons. The molecule has 1 nitrogen and oxygen atoms in total. The zero-order chi connectivity index (χ0) is 14.0. The molecule has 19 heavy (non-hydrogen) atoms. The Kier molecular flexibility index (Phi) is 4.92. The van der Waals surface area contributed by atoms with Crippen molar-refractivity contribution in [2.45, 2.75) is 13.0 Å². The van der Waals surface area contributed by atoms with E-state index < -0.39 is 0 Å². The fraction of sp³-hybridized carbons (Fsp3) is 0.143. The second-order valence-electron chi connectivity index (χ2n) is 4.16. The van der Waals surface area contributed by atoms with E-state index >= 15 is 0 Å². The van der Waals surface area contributed by atoms with Crippen molar-refractivity contribution < 1.29 is 4.39 Å². The van der Waals surface area contributed by atoms with Crippen LogP contribution in [0.2, 0.25) is 10.0 Å². The SMILES string of the molecule is CC(Nc1ccc(I)cc1Cl)c1ccc(F)cc1Cl. The molecule has 1 atom stereocenters. The monoisotopic (exact) mass is 409 g/mol. The number of rotatable bonds is 3. The van der Waals surface area contributed by atoms with Crippen LogP contribution in [-0.4, -0.2) is 0 Å². The molecule has 2 aromatic rings. The third-order valence-corrected chi connectivity index (χ3v) is 4.04. The van der Waals surface area contributed by atoms with Gasteiger partial charge in [-0.05, 0) is 65.4 Å². The van der Waals surface area contributed by atoms with Crippen LogP contribution in [0.25, 0.3) is 0 Å². The van der Waals surface area contributed by atoms with Crippen molar-refractivity contribution in [1.82, 2.24) is 0 Å². The van der Waals surface area contributed by atoms with Gasteiger partial charge in [0.25, 0.3) is 0 Å². The average Bonchev–Trinajstić information content (AvgIpc) is 2.32. The first kappa shape index (κ1) is 14.9. The number of nitrogens with one attached hydrogen (secondary N) is 1. The Bertz CT molecular complexity index is 604. The standard InChI is InChI=1S/C14H11Cl2FIN/c1-8(11-4-2-9(17)6-12(11)15)19-14-5-3-10(18)7-13(14)16/h2-8,19H,1H3. The Balaban J connectivity index is 2.23. The lowest BCUT2D eigenvalue weighted by Gasteiger charge is -2.18. The van der Waals surface area contributed by atoms with Gasteiger partial charge < -0.3 is 5.32 Å². The maximum atomic E-state index is 13.0. The van der Waals surface area contributed by atoms with Gasteiger partial charge >= 0.3 is 0 Å². The van der Waals surface area contributed by atoms with Gasteiger partial charge in [0.15, 0.2) is 0 Å². The van der Waals surface area contributed by atoms with Crippen LogP contribution in [0.15, 0.2) is 36.4 Å². The lowest BCUT2D eigenvalue weighted by Crippen LogP contribution is -2.07. The lowest BCUT2D eigenvalue weighted by atomic mass is 10.1. The number of anilines is 1. The van der Waals surface area contributed by atoms with E-state index in [4.69, 9.17) is 23.2 Å². The molecule has 2 rings (SSSR count). The predicted molar refractivity (Wildman–Crippen MR) is 87.6 cm³/mol. The molecule has 0 spiro atoms. The summed E-state index contributed by atoms with van der Waals surface area (Å²) in [6.45, 7) is 1.95. The van der Waals surface area contributed by atoms with Crippen LogP contribution in [0, 0.1) is 9.39 Å². The quantitative estimate of drug-likeness (QED) is 0.621. The summed E-state index contributed by atoms with van der Waals surface area (Å²) in [4.78, 5) is 0. The Hall–Kier alpha value is -0.520. The van der Waals surface area contributed by atoms with Crippen LogP contribution in [0.1, 0.15) is 18.5 Å². The van der Waals surface area contributed by atoms with E-state index in [1.54, 1.807) is 6.07 Å². The van der Waals surface area contributed by atoms with E-state index in [1.165, 1.54) is 12.1 Å². The van der Waals surface area contributed by atoms with Crippen LogP contribution in [-0.2, 0) is 0 Å². The van der Waals surface area contributed by atoms with Crippen molar-refractivity contribution in [2.75, 3.05) is 5.32 Å². The summed E-state index contributed by atoms with van der Waals surface area (Å²) in [7, 11) is 0. The Morgan fingerprint density at radius 3 is 2.47 bits per heavy atom. The zero-order valence-electron chi connectivity index (χ0n) is 10.1. The van der Waals surface area contributed by atoms with E-state index in [0.29, 0.717) is 10.0 Å². The zero-order valence-corrected chi connectivity index (χ0v) is 13.7. The molecular formula is C14H11Cl2FIN. The largest absolute Gasteiger partial charge is 0.377 e. The molecule has 0 aliphatic carbocycles. The lowest BCUT2D eigenvalue weighted by molar-refractivity contribution is 0.626. The van der Waals surface area contributed by atoms with Crippen molar-refractivity contribution in [3.05, 3.63) is 61.4 Å². The fourth-order valence-electron chi connectivity index (χ4n) is 1.77. The van der Waals surface area contributed by atoms with Gasteiger partial charge in [0, 0.05) is 8.59 Å². The van der Waals surface area contributed by atoms with Crippen LogP contribution in [0.5, 0.6) is 0 Å². The molecule has 0 saturated carbocycles. The van der Waals surface area contributed by atoms with Gasteiger partial charge in [-0.2, -0.15) is 0 Å². The molecule has 2 aromatic carbocycles. The second-order valence-corrected chi connectivity index (χ2v) is 6.22. The van der Waals surface area contributed by atoms with Gasteiger partial charge in [-0.25, -0.2) is 4.39 Å². The van der Waals surface area contributed by atoms with Crippen molar-refractivity contribution >= 4 is 51.5 Å². The minimum absolute atomic E-state index is 0.0642. The Labute approximate surface area is 135 Å². The van der Waals surface area contributed by atoms with Gasteiger partial charge in [-0.3, -0.25) is 0 Å². The summed E-state index contributed by atoms with van der Waals surface area (Å²) in [5.41, 5.74) is 1.66. The highest BCUT2D eigenvalue weighted by Crippen LogP contribution is 2.30. The molecule has 5 heteroatoms. The Morgan fingerprint density at radius 2 is 1.84 bits per heavy atom. The first-order valence-electron chi connectivity index (χ1n) is 5.64. The minimum Gasteiger partial charge on any atom is -0.377 e. The van der Waals surface area contributed by atoms with Gasteiger partial charge in [-0.1, -0.05) is 29.3 Å². The number of benzene rings is 2. The molecule has 0 fully saturated rings. The molecule has 100 valence electrons. The molecule has 1 N–H and O–H groups in total. The van der Waals surface area contributed by atoms with Crippen molar-refractivity contribution in [2.24, 2.45) is 0 Å². The number of halogens is 4. The normalized spacial score (nSPS) is 12.3. The molecule has 0 amide bonds. The molecule has 1 unspecified atom stereocenters. The maximum absolute atomic E-state index is 13.0. The molecule has 0 heterocycles. The van der Waals surface area contributed by atoms with Crippen LogP contribution in [0.4, 0.5) is 10.1 Å². The van der Waals surface area contributed by atoms with E-state index in [2.05, 4.69) is 27.9 Å². The highest BCUT2D eigenvalue weighted by atomic mass is 127. The summed E-state index contributed by atoms with van der Waals surface area (Å²) in [6, 6.07) is 10.1. The number of hydrogen-bond acceptors (Lipinski definition) is 1. The predicted octanol–water partition coefficient (Wildman–Crippen LogP) is 5.91. The molecule has 0 bridgehead atoms. The van der Waals surface area contributed by atoms with Gasteiger partial charge in [0.1, 0.15) is 5.82 Å². The van der Waals surface area contributed by atoms with Crippen LogP contribution >= 0.6 is 45.8 Å². The second kappa shape index (κ2) is 6.29. The average molecular weight is 410 g/mol. The van der Waals surface area contributed by atoms with Gasteiger partial charge in [-0.15, -0.1) is 0 Å². The topological polar surface area (TPSA) is 12.0 Å². The highest BCUT2D eigenvalue weighted by Gasteiger charge is 2.12. The Morgan fingerprint density at radius 1 is 1.11 bits per heavy atom. The third-order valence-electron chi connectivity index (χ3n) is 2.73. The van der Waals surface area contributed by atoms with E-state index in [1.807, 2.05) is 25.1 Å². The van der Waals surface area contributed by atoms with Crippen molar-refractivity contribution in [3.8, 4) is 0 Å². The first-order chi connectivity index (χ1) is 8.97. The summed E-state index contributed by atoms with van der Waals surface area (Å²) < 4.78 is 14.1. The fourth-order valence-corrected chi connectivity index (χ4v) is 3.01. The minimum atomic E-state index is -0.340. The van der Waals surface area contributed by atoms with E-state index in [9.17, 15) is 4.39 Å². The van der Waals surface area contributed by atoms with Crippen LogP contribution < -0.4 is 5.32 Å². The molecule has 0 saturated heterocycles. The van der Waals surface area contributed by atoms with Crippen LogP contribution in [0.3, 0.4) is 0 Å². The molecule has 0 aliphatic rings. The van der Waals surface area contributed by atoms with Crippen molar-refractivity contribution in [1.29, 1.82) is 0 Å². The maximum Gasteiger partial charge on any atom is 0.124 e. The highest BCUT2D eigenvalue weighted by molar-refractivity contribution is 14.1.